The first-order valence-electron chi connectivity index (χ1n) is 6.93. The molecule has 2 aromatic heterocycles. The van der Waals surface area contributed by atoms with Crippen molar-refractivity contribution in [1.29, 1.82) is 0 Å². The van der Waals surface area contributed by atoms with E-state index in [0.29, 0.717) is 5.82 Å². The van der Waals surface area contributed by atoms with Gasteiger partial charge in [0.2, 0.25) is 5.82 Å². The van der Waals surface area contributed by atoms with E-state index >= 15 is 0 Å². The number of nitrogens with zero attached hydrogens (tertiary/aromatic N) is 5. The van der Waals surface area contributed by atoms with Crippen molar-refractivity contribution in [2.45, 2.75) is 25.8 Å². The largest absolute Gasteiger partial charge is 0.333 e. The van der Waals surface area contributed by atoms with E-state index in [1.807, 2.05) is 12.1 Å². The molecule has 2 aromatic rings. The molecule has 0 saturated carbocycles. The molecular formula is C13H19N6+. The third-order valence-corrected chi connectivity index (χ3v) is 3.62. The summed E-state index contributed by atoms with van der Waals surface area (Å²) in [5.41, 5.74) is 0.964. The van der Waals surface area contributed by atoms with E-state index in [-0.39, 0.29) is 0 Å². The van der Waals surface area contributed by atoms with E-state index in [1.54, 1.807) is 22.1 Å². The third-order valence-electron chi connectivity index (χ3n) is 3.62. The van der Waals surface area contributed by atoms with E-state index in [0.717, 1.165) is 18.7 Å². The molecule has 100 valence electrons. The molecule has 1 N–H and O–H groups in total. The van der Waals surface area contributed by atoms with Crippen LogP contribution in [0.3, 0.4) is 0 Å². The number of nitrogens with one attached hydrogen (secondary N) is 1. The summed E-state index contributed by atoms with van der Waals surface area (Å²) in [4.78, 5) is 7.36. The van der Waals surface area contributed by atoms with Gasteiger partial charge in [0, 0.05) is 18.0 Å². The van der Waals surface area contributed by atoms with Gasteiger partial charge in [-0.15, -0.1) is 10.2 Å². The SMILES string of the molecule is c1cc(-c2nnn(CC[NH+]3CCCCC3)n2)ccn1. The van der Waals surface area contributed by atoms with Gasteiger partial charge in [0.15, 0.2) is 0 Å². The van der Waals surface area contributed by atoms with Crippen LogP contribution in [0.15, 0.2) is 24.5 Å². The number of likely N-dealkylation sites (tertiary alicyclic amines) is 1. The first kappa shape index (κ1) is 12.2. The van der Waals surface area contributed by atoms with Crippen molar-refractivity contribution in [3.05, 3.63) is 24.5 Å². The Morgan fingerprint density at radius 3 is 2.68 bits per heavy atom. The van der Waals surface area contributed by atoms with E-state index < -0.39 is 0 Å². The lowest BCUT2D eigenvalue weighted by molar-refractivity contribution is -0.905. The predicted molar refractivity (Wildman–Crippen MR) is 70.5 cm³/mol. The number of quaternary nitrogens is 1. The summed E-state index contributed by atoms with van der Waals surface area (Å²) in [5.74, 6) is 0.677. The van der Waals surface area contributed by atoms with Crippen LogP contribution >= 0.6 is 0 Å². The van der Waals surface area contributed by atoms with Crippen LogP contribution in [-0.2, 0) is 6.54 Å². The van der Waals surface area contributed by atoms with Crippen LogP contribution in [0.1, 0.15) is 19.3 Å². The van der Waals surface area contributed by atoms with Crippen LogP contribution in [0.4, 0.5) is 0 Å². The molecular weight excluding hydrogens is 240 g/mol. The van der Waals surface area contributed by atoms with Crippen molar-refractivity contribution in [3.63, 3.8) is 0 Å². The number of aromatic nitrogens is 5. The lowest BCUT2D eigenvalue weighted by Crippen LogP contribution is -3.13. The lowest BCUT2D eigenvalue weighted by Gasteiger charge is -2.22. The van der Waals surface area contributed by atoms with Gasteiger partial charge in [0.25, 0.3) is 0 Å². The second-order valence-electron chi connectivity index (χ2n) is 5.01. The highest BCUT2D eigenvalue weighted by Gasteiger charge is 2.14. The molecule has 6 nitrogen and oxygen atoms in total. The van der Waals surface area contributed by atoms with Gasteiger partial charge in [-0.25, -0.2) is 0 Å². The average molecular weight is 259 g/mol. The molecule has 1 saturated heterocycles. The van der Waals surface area contributed by atoms with E-state index in [4.69, 9.17) is 0 Å². The molecule has 0 aliphatic carbocycles. The summed E-state index contributed by atoms with van der Waals surface area (Å²) in [5, 5.41) is 12.6. The van der Waals surface area contributed by atoms with Gasteiger partial charge in [0.05, 0.1) is 19.6 Å². The first-order valence-corrected chi connectivity index (χ1v) is 6.93. The maximum absolute atomic E-state index is 4.42. The Morgan fingerprint density at radius 2 is 1.89 bits per heavy atom. The highest BCUT2D eigenvalue weighted by atomic mass is 15.6. The predicted octanol–water partition coefficient (Wildman–Crippen LogP) is -0.196. The molecule has 1 fully saturated rings. The molecule has 19 heavy (non-hydrogen) atoms. The fraction of sp³-hybridized carbons (Fsp3) is 0.538. The number of hydrogen-bond acceptors (Lipinski definition) is 4. The average Bonchev–Trinajstić information content (AvgIpc) is 2.96. The Hall–Kier alpha value is -1.82. The van der Waals surface area contributed by atoms with Gasteiger partial charge in [-0.1, -0.05) is 0 Å². The highest BCUT2D eigenvalue weighted by molar-refractivity contribution is 5.51. The summed E-state index contributed by atoms with van der Waals surface area (Å²) < 4.78 is 0. The van der Waals surface area contributed by atoms with Crippen LogP contribution in [0.5, 0.6) is 0 Å². The molecule has 0 unspecified atom stereocenters. The zero-order valence-corrected chi connectivity index (χ0v) is 11.0. The minimum atomic E-state index is 0.677. The summed E-state index contributed by atoms with van der Waals surface area (Å²) in [6, 6.07) is 3.80. The Bertz CT molecular complexity index is 503. The van der Waals surface area contributed by atoms with Crippen LogP contribution < -0.4 is 4.90 Å². The van der Waals surface area contributed by atoms with Crippen LogP contribution in [0.25, 0.3) is 11.4 Å². The Labute approximate surface area is 112 Å². The zero-order valence-electron chi connectivity index (χ0n) is 11.0. The Balaban J connectivity index is 1.59. The van der Waals surface area contributed by atoms with Gasteiger partial charge >= 0.3 is 0 Å². The number of tetrazole rings is 1. The van der Waals surface area contributed by atoms with Crippen molar-refractivity contribution in [1.82, 2.24) is 25.2 Å². The normalized spacial score (nSPS) is 16.6. The fourth-order valence-electron chi connectivity index (χ4n) is 2.51. The fourth-order valence-corrected chi connectivity index (χ4v) is 2.51. The third kappa shape index (κ3) is 3.14. The zero-order chi connectivity index (χ0) is 12.9. The molecule has 0 spiro atoms. The monoisotopic (exact) mass is 259 g/mol. The Morgan fingerprint density at radius 1 is 1.11 bits per heavy atom. The minimum absolute atomic E-state index is 0.677. The minimum Gasteiger partial charge on any atom is -0.333 e. The van der Waals surface area contributed by atoms with E-state index in [9.17, 15) is 0 Å². The van der Waals surface area contributed by atoms with Gasteiger partial charge in [-0.3, -0.25) is 4.98 Å². The molecule has 0 atom stereocenters. The maximum atomic E-state index is 4.42. The number of rotatable bonds is 4. The molecule has 0 bridgehead atoms. The van der Waals surface area contributed by atoms with E-state index in [2.05, 4.69) is 20.4 Å². The molecule has 0 amide bonds. The standard InChI is InChI=1S/C13H18N6/c1-2-8-18(9-3-1)10-11-19-16-13(15-17-19)12-4-6-14-7-5-12/h4-7H,1-3,8-11H2/p+1. The number of piperidine rings is 1. The number of pyridine rings is 1. The first-order chi connectivity index (χ1) is 9.42. The molecule has 1 aliphatic rings. The smallest absolute Gasteiger partial charge is 0.205 e. The van der Waals surface area contributed by atoms with Crippen LogP contribution in [0.2, 0.25) is 0 Å². The summed E-state index contributed by atoms with van der Waals surface area (Å²) >= 11 is 0. The molecule has 3 heterocycles. The topological polar surface area (TPSA) is 60.9 Å². The molecule has 1 aliphatic heterocycles. The van der Waals surface area contributed by atoms with Crippen molar-refractivity contribution in [3.8, 4) is 11.4 Å². The van der Waals surface area contributed by atoms with Crippen molar-refractivity contribution < 1.29 is 4.90 Å². The second kappa shape index (κ2) is 5.88. The summed E-state index contributed by atoms with van der Waals surface area (Å²) in [7, 11) is 0. The van der Waals surface area contributed by atoms with Crippen molar-refractivity contribution >= 4 is 0 Å². The molecule has 3 rings (SSSR count). The summed E-state index contributed by atoms with van der Waals surface area (Å²) in [6.45, 7) is 4.50. The van der Waals surface area contributed by atoms with Crippen molar-refractivity contribution in [2.24, 2.45) is 0 Å². The lowest BCUT2D eigenvalue weighted by atomic mass is 10.1. The molecule has 0 aromatic carbocycles. The summed E-state index contributed by atoms with van der Waals surface area (Å²) in [6.07, 6.45) is 7.57. The van der Waals surface area contributed by atoms with Crippen LogP contribution in [0, 0.1) is 0 Å². The van der Waals surface area contributed by atoms with Gasteiger partial charge in [-0.2, -0.15) is 4.80 Å². The van der Waals surface area contributed by atoms with Gasteiger partial charge < -0.3 is 4.90 Å². The molecule has 6 heteroatoms. The highest BCUT2D eigenvalue weighted by Crippen LogP contribution is 2.10. The number of hydrogen-bond donors (Lipinski definition) is 1. The van der Waals surface area contributed by atoms with Gasteiger partial charge in [0.1, 0.15) is 6.54 Å². The van der Waals surface area contributed by atoms with Crippen molar-refractivity contribution in [2.75, 3.05) is 19.6 Å². The molecule has 0 radical (unpaired) electrons. The second-order valence-corrected chi connectivity index (χ2v) is 5.01. The maximum Gasteiger partial charge on any atom is 0.205 e. The van der Waals surface area contributed by atoms with Crippen LogP contribution in [-0.4, -0.2) is 44.8 Å². The quantitative estimate of drug-likeness (QED) is 0.826. The van der Waals surface area contributed by atoms with E-state index in [1.165, 1.54) is 32.4 Å². The van der Waals surface area contributed by atoms with Gasteiger partial charge in [-0.05, 0) is 36.6 Å². The Kier molecular flexibility index (Phi) is 3.78.